The van der Waals surface area contributed by atoms with Crippen LogP contribution in [-0.2, 0) is 4.74 Å². The molecule has 6 heteroatoms. The molecule has 14 heavy (non-hydrogen) atoms. The molecular formula is C8H8BFO4. The van der Waals surface area contributed by atoms with Crippen LogP contribution in [0.1, 0.15) is 10.4 Å². The van der Waals surface area contributed by atoms with Crippen LogP contribution in [0.5, 0.6) is 0 Å². The number of rotatable bonds is 1. The fourth-order valence-corrected chi connectivity index (χ4v) is 0.772. The van der Waals surface area contributed by atoms with Gasteiger partial charge in [-0.25, -0.2) is 0 Å². The molecule has 0 radical (unpaired) electrons. The number of benzene rings is 1. The zero-order chi connectivity index (χ0) is 9.14. The number of halogens is 1. The molecule has 0 aliphatic heterocycles. The maximum Gasteiger partial charge on any atom is -0.870 e. The van der Waals surface area contributed by atoms with E-state index in [1.54, 1.807) is 0 Å². The molecule has 0 spiro atoms. The van der Waals surface area contributed by atoms with Crippen LogP contribution in [-0.4, -0.2) is 31.9 Å². The standard InChI is InChI=1S/C8H6BFO2.2H2O/c1-12-8(11)5-2-3-6(9)7(10)4-5;;/h2-4H,1H3;2*1H2/q+2;;/p-2. The molecule has 4 nitrogen and oxygen atoms in total. The molecule has 0 aliphatic rings. The first-order chi connectivity index (χ1) is 5.65. The van der Waals surface area contributed by atoms with Gasteiger partial charge in [-0.2, -0.15) is 0 Å². The zero-order valence-corrected chi connectivity index (χ0v) is 7.40. The number of ether oxygens (including phenoxy) is 1. The molecule has 0 heterocycles. The van der Waals surface area contributed by atoms with E-state index in [9.17, 15) is 9.18 Å². The van der Waals surface area contributed by atoms with Crippen molar-refractivity contribution in [2.45, 2.75) is 0 Å². The third-order valence-corrected chi connectivity index (χ3v) is 1.42. The van der Waals surface area contributed by atoms with Gasteiger partial charge in [-0.15, -0.1) is 0 Å². The largest absolute Gasteiger partial charge is 0.870 e. The van der Waals surface area contributed by atoms with Crippen molar-refractivity contribution in [3.05, 3.63) is 29.6 Å². The summed E-state index contributed by atoms with van der Waals surface area (Å²) in [6.45, 7) is 0. The minimum Gasteiger partial charge on any atom is -0.870 e. The summed E-state index contributed by atoms with van der Waals surface area (Å²) in [6.07, 6.45) is 0. The zero-order valence-electron chi connectivity index (χ0n) is 7.40. The van der Waals surface area contributed by atoms with Gasteiger partial charge in [-0.05, 0) is 0 Å². The summed E-state index contributed by atoms with van der Waals surface area (Å²) in [5, 5.41) is 0. The SMILES string of the molecule is [B+2]c1ccc(C(=O)OC)cc1F.[OH-].[OH-]. The summed E-state index contributed by atoms with van der Waals surface area (Å²) in [4.78, 5) is 10.8. The number of methoxy groups -OCH3 is 1. The molecule has 0 aromatic heterocycles. The van der Waals surface area contributed by atoms with E-state index >= 15 is 0 Å². The molecular weight excluding hydrogens is 190 g/mol. The molecule has 74 valence electrons. The smallest absolute Gasteiger partial charge is 0.870 e. The van der Waals surface area contributed by atoms with Gasteiger partial charge < -0.3 is 11.0 Å². The fraction of sp³-hybridized carbons (Fsp3) is 0.125. The molecule has 0 saturated carbocycles. The van der Waals surface area contributed by atoms with E-state index in [4.69, 9.17) is 7.85 Å². The van der Waals surface area contributed by atoms with Crippen molar-refractivity contribution in [1.82, 2.24) is 0 Å². The second kappa shape index (κ2) is 6.12. The van der Waals surface area contributed by atoms with Crippen molar-refractivity contribution < 1.29 is 24.9 Å². The molecule has 0 atom stereocenters. The molecule has 1 aromatic carbocycles. The van der Waals surface area contributed by atoms with Crippen LogP contribution in [0.25, 0.3) is 0 Å². The van der Waals surface area contributed by atoms with Crippen molar-refractivity contribution in [2.75, 3.05) is 7.11 Å². The van der Waals surface area contributed by atoms with E-state index in [0.29, 0.717) is 0 Å². The van der Waals surface area contributed by atoms with E-state index < -0.39 is 11.8 Å². The van der Waals surface area contributed by atoms with Gasteiger partial charge in [0.15, 0.2) is 0 Å². The maximum absolute atomic E-state index is 12.7. The normalized spacial score (nSPS) is 8.29. The number of hydrogen-bond acceptors (Lipinski definition) is 4. The molecule has 0 unspecified atom stereocenters. The molecule has 2 N–H and O–H groups in total. The van der Waals surface area contributed by atoms with Crippen molar-refractivity contribution >= 4 is 19.3 Å². The maximum atomic E-state index is 12.7. The van der Waals surface area contributed by atoms with Crippen LogP contribution in [0.4, 0.5) is 4.39 Å². The third kappa shape index (κ3) is 3.16. The molecule has 1 aromatic rings. The Morgan fingerprint density at radius 3 is 2.43 bits per heavy atom. The van der Waals surface area contributed by atoms with Crippen molar-refractivity contribution in [1.29, 1.82) is 0 Å². The third-order valence-electron chi connectivity index (χ3n) is 1.42. The van der Waals surface area contributed by atoms with E-state index in [0.717, 1.165) is 6.07 Å². The van der Waals surface area contributed by atoms with Gasteiger partial charge in [0.05, 0.1) is 0 Å². The Hall–Kier alpha value is -1.40. The van der Waals surface area contributed by atoms with Gasteiger partial charge >= 0.3 is 69.9 Å². The van der Waals surface area contributed by atoms with Gasteiger partial charge in [0.25, 0.3) is 0 Å². The summed E-state index contributed by atoms with van der Waals surface area (Å²) in [7, 11) is 6.44. The molecule has 0 saturated heterocycles. The summed E-state index contributed by atoms with van der Waals surface area (Å²) in [6, 6.07) is 3.77. The van der Waals surface area contributed by atoms with Crippen molar-refractivity contribution in [3.8, 4) is 0 Å². The van der Waals surface area contributed by atoms with Crippen LogP contribution < -0.4 is 5.46 Å². The van der Waals surface area contributed by atoms with E-state index in [-0.39, 0.29) is 22.0 Å². The minimum atomic E-state index is -0.613. The Bertz CT molecular complexity index is 316. The van der Waals surface area contributed by atoms with Crippen molar-refractivity contribution in [2.24, 2.45) is 0 Å². The molecule has 0 aliphatic carbocycles. The van der Waals surface area contributed by atoms with Gasteiger partial charge in [0.2, 0.25) is 0 Å². The first-order valence-electron chi connectivity index (χ1n) is 3.28. The quantitative estimate of drug-likeness (QED) is 0.471. The van der Waals surface area contributed by atoms with Crippen LogP contribution in [0.15, 0.2) is 18.2 Å². The predicted octanol–water partition coefficient (Wildman–Crippen LogP) is 0.0525. The van der Waals surface area contributed by atoms with Gasteiger partial charge in [0, 0.05) is 0 Å². The monoisotopic (exact) mass is 198 g/mol. The van der Waals surface area contributed by atoms with E-state index in [1.807, 2.05) is 0 Å². The second-order valence-corrected chi connectivity index (χ2v) is 2.23. The van der Waals surface area contributed by atoms with Crippen LogP contribution in [0.2, 0.25) is 0 Å². The van der Waals surface area contributed by atoms with Crippen LogP contribution in [0, 0.1) is 5.82 Å². The Morgan fingerprint density at radius 2 is 2.00 bits per heavy atom. The Kier molecular flexibility index (Phi) is 6.60. The van der Waals surface area contributed by atoms with Gasteiger partial charge in [-0.1, -0.05) is 0 Å². The van der Waals surface area contributed by atoms with Crippen LogP contribution >= 0.6 is 0 Å². The summed E-state index contributed by atoms with van der Waals surface area (Å²) >= 11 is 0. The number of carbonyl (C=O) groups excluding carboxylic acids is 1. The van der Waals surface area contributed by atoms with Gasteiger partial charge in [0.1, 0.15) is 0 Å². The Balaban J connectivity index is 0. The molecule has 0 bridgehead atoms. The van der Waals surface area contributed by atoms with E-state index in [1.165, 1.54) is 19.2 Å². The van der Waals surface area contributed by atoms with E-state index in [2.05, 4.69) is 4.74 Å². The molecule has 1 rings (SSSR count). The molecule has 0 amide bonds. The number of carbonyl (C=O) groups is 1. The summed E-state index contributed by atoms with van der Waals surface area (Å²) in [5.41, 5.74) is 0.173. The second-order valence-electron chi connectivity index (χ2n) is 2.23. The fourth-order valence-electron chi connectivity index (χ4n) is 0.772. The number of esters is 1. The predicted molar refractivity (Wildman–Crippen MR) is 47.0 cm³/mol. The first-order valence-corrected chi connectivity index (χ1v) is 3.28. The van der Waals surface area contributed by atoms with Crippen LogP contribution in [0.3, 0.4) is 0 Å². The first kappa shape index (κ1) is 15.1. The average Bonchev–Trinajstić information content (AvgIpc) is 2.08. The van der Waals surface area contributed by atoms with Gasteiger partial charge in [-0.3, -0.25) is 0 Å². The Labute approximate surface area is 81.7 Å². The number of hydrogen-bond donors (Lipinski definition) is 0. The topological polar surface area (TPSA) is 86.3 Å². The summed E-state index contributed by atoms with van der Waals surface area (Å²) in [5.74, 6) is -1.19. The Morgan fingerprint density at radius 1 is 1.43 bits per heavy atom. The van der Waals surface area contributed by atoms with Crippen molar-refractivity contribution in [3.63, 3.8) is 0 Å². The minimum absolute atomic E-state index is 0. The molecule has 0 fully saturated rings. The summed E-state index contributed by atoms with van der Waals surface area (Å²) < 4.78 is 17.1. The average molecular weight is 198 g/mol.